The molecule has 13 heavy (non-hydrogen) atoms. The maximum absolute atomic E-state index is 10.9. The summed E-state index contributed by atoms with van der Waals surface area (Å²) in [5, 5.41) is 9.21. The van der Waals surface area contributed by atoms with E-state index in [2.05, 4.69) is 4.74 Å². The van der Waals surface area contributed by atoms with Crippen LogP contribution >= 0.6 is 9.24 Å². The summed E-state index contributed by atoms with van der Waals surface area (Å²) in [4.78, 5) is 21.7. The summed E-state index contributed by atoms with van der Waals surface area (Å²) in [6.07, 6.45) is 0.707. The Labute approximate surface area is 78.0 Å². The first kappa shape index (κ1) is 12.3. The highest BCUT2D eigenvalue weighted by Gasteiger charge is 2.34. The van der Waals surface area contributed by atoms with Crippen molar-refractivity contribution in [2.45, 2.75) is 25.3 Å². The second-order valence-electron chi connectivity index (χ2n) is 2.39. The Morgan fingerprint density at radius 1 is 1.69 bits per heavy atom. The first-order valence-electron chi connectivity index (χ1n) is 3.68. The normalized spacial score (nSPS) is 14.5. The van der Waals surface area contributed by atoms with Gasteiger partial charge in [-0.1, -0.05) is 6.92 Å². The predicted octanol–water partition coefficient (Wildman–Crippen LogP) is -1.16. The lowest BCUT2D eigenvalue weighted by atomic mass is 10.3. The van der Waals surface area contributed by atoms with Gasteiger partial charge in [-0.15, -0.1) is 0 Å². The van der Waals surface area contributed by atoms with Gasteiger partial charge in [0, 0.05) is 6.42 Å². The standard InChI is InChI=1S/C6H13N2O4P/c1-2-3-4(9)12-6(11,13)5(10)8-7/h11H,2-3,7,13H2,1H3,(H,8,10)/t6-/m1/s1. The van der Waals surface area contributed by atoms with Crippen LogP contribution < -0.4 is 11.3 Å². The van der Waals surface area contributed by atoms with Crippen LogP contribution in [0.3, 0.4) is 0 Å². The number of hydrogen-bond acceptors (Lipinski definition) is 5. The number of ether oxygens (including phenoxy) is 1. The first-order valence-corrected chi connectivity index (χ1v) is 4.26. The van der Waals surface area contributed by atoms with Crippen LogP contribution in [-0.4, -0.2) is 22.5 Å². The monoisotopic (exact) mass is 208 g/mol. The van der Waals surface area contributed by atoms with Gasteiger partial charge >= 0.3 is 17.4 Å². The number of amides is 1. The van der Waals surface area contributed by atoms with Crippen LogP contribution in [0.25, 0.3) is 0 Å². The zero-order valence-corrected chi connectivity index (χ0v) is 8.40. The number of rotatable bonds is 4. The average Bonchev–Trinajstić information content (AvgIpc) is 2.02. The van der Waals surface area contributed by atoms with Crippen LogP contribution in [0.4, 0.5) is 0 Å². The van der Waals surface area contributed by atoms with Crippen LogP contribution in [0.2, 0.25) is 0 Å². The molecule has 0 fully saturated rings. The van der Waals surface area contributed by atoms with Crippen LogP contribution in [0.1, 0.15) is 19.8 Å². The molecule has 1 unspecified atom stereocenters. The van der Waals surface area contributed by atoms with Gasteiger partial charge in [-0.05, 0) is 15.7 Å². The lowest BCUT2D eigenvalue weighted by Gasteiger charge is -2.20. The molecule has 0 aromatic heterocycles. The lowest BCUT2D eigenvalue weighted by molar-refractivity contribution is -0.185. The Kier molecular flexibility index (Phi) is 4.83. The predicted molar refractivity (Wildman–Crippen MR) is 48.0 cm³/mol. The van der Waals surface area contributed by atoms with E-state index in [4.69, 9.17) is 5.84 Å². The number of aliphatic hydroxyl groups is 1. The Hall–Kier alpha value is -0.710. The third-order valence-corrected chi connectivity index (χ3v) is 1.56. The summed E-state index contributed by atoms with van der Waals surface area (Å²) in [6, 6.07) is 0. The van der Waals surface area contributed by atoms with Crippen molar-refractivity contribution in [3.05, 3.63) is 0 Å². The molecule has 7 heteroatoms. The molecule has 0 heterocycles. The molecule has 0 aliphatic rings. The van der Waals surface area contributed by atoms with Crippen LogP contribution in [0.5, 0.6) is 0 Å². The number of carbonyl (C=O) groups is 2. The largest absolute Gasteiger partial charge is 0.420 e. The van der Waals surface area contributed by atoms with Gasteiger partial charge in [0.05, 0.1) is 0 Å². The third-order valence-electron chi connectivity index (χ3n) is 1.18. The Morgan fingerprint density at radius 3 is 2.62 bits per heavy atom. The van der Waals surface area contributed by atoms with E-state index >= 15 is 0 Å². The molecule has 0 spiro atoms. The molecule has 0 bridgehead atoms. The number of carbonyl (C=O) groups excluding carboxylic acids is 2. The molecule has 76 valence electrons. The minimum atomic E-state index is -2.28. The van der Waals surface area contributed by atoms with Gasteiger partial charge in [0.1, 0.15) is 0 Å². The van der Waals surface area contributed by atoms with Crippen molar-refractivity contribution in [3.63, 3.8) is 0 Å². The molecule has 6 nitrogen and oxygen atoms in total. The number of nitrogens with two attached hydrogens (primary N) is 1. The van der Waals surface area contributed by atoms with Crippen molar-refractivity contribution in [1.82, 2.24) is 5.43 Å². The fraction of sp³-hybridized carbons (Fsp3) is 0.667. The molecule has 0 radical (unpaired) electrons. The number of hydrogen-bond donors (Lipinski definition) is 3. The third kappa shape index (κ3) is 4.17. The number of esters is 1. The van der Waals surface area contributed by atoms with E-state index in [1.165, 1.54) is 0 Å². The lowest BCUT2D eigenvalue weighted by Crippen LogP contribution is -2.48. The van der Waals surface area contributed by atoms with E-state index in [0.29, 0.717) is 6.42 Å². The topological polar surface area (TPSA) is 102 Å². The van der Waals surface area contributed by atoms with Gasteiger partial charge in [0.25, 0.3) is 0 Å². The highest BCUT2D eigenvalue weighted by atomic mass is 31.0. The van der Waals surface area contributed by atoms with Crippen LogP contribution in [-0.2, 0) is 14.3 Å². The van der Waals surface area contributed by atoms with E-state index in [-0.39, 0.29) is 6.42 Å². The molecule has 1 amide bonds. The number of nitrogens with one attached hydrogen (secondary N) is 1. The summed E-state index contributed by atoms with van der Waals surface area (Å²) in [5.74, 6) is 3.08. The van der Waals surface area contributed by atoms with Crippen molar-refractivity contribution in [3.8, 4) is 0 Å². The molecule has 0 aliphatic heterocycles. The minimum Gasteiger partial charge on any atom is -0.420 e. The molecule has 0 aliphatic carbocycles. The van der Waals surface area contributed by atoms with Gasteiger partial charge < -0.3 is 9.84 Å². The van der Waals surface area contributed by atoms with Crippen molar-refractivity contribution >= 4 is 21.1 Å². The fourth-order valence-corrected chi connectivity index (χ4v) is 0.793. The maximum atomic E-state index is 10.9. The van der Waals surface area contributed by atoms with E-state index < -0.39 is 17.4 Å². The zero-order valence-electron chi connectivity index (χ0n) is 7.24. The van der Waals surface area contributed by atoms with Crippen molar-refractivity contribution in [2.75, 3.05) is 0 Å². The molecule has 0 saturated heterocycles. The Bertz CT molecular complexity index is 207. The van der Waals surface area contributed by atoms with E-state index in [9.17, 15) is 14.7 Å². The van der Waals surface area contributed by atoms with Gasteiger partial charge in [0.15, 0.2) is 0 Å². The smallest absolute Gasteiger partial charge is 0.310 e. The Morgan fingerprint density at radius 2 is 2.23 bits per heavy atom. The quantitative estimate of drug-likeness (QED) is 0.135. The highest BCUT2D eigenvalue weighted by Crippen LogP contribution is 2.17. The molecule has 0 aromatic carbocycles. The van der Waals surface area contributed by atoms with Gasteiger partial charge in [-0.3, -0.25) is 15.0 Å². The molecule has 2 atom stereocenters. The summed E-state index contributed by atoms with van der Waals surface area (Å²) in [7, 11) is 1.69. The first-order chi connectivity index (χ1) is 5.94. The summed E-state index contributed by atoms with van der Waals surface area (Å²) in [5.41, 5.74) is -0.611. The highest BCUT2D eigenvalue weighted by molar-refractivity contribution is 7.20. The Balaban J connectivity index is 4.16. The van der Waals surface area contributed by atoms with Crippen LogP contribution in [0.15, 0.2) is 0 Å². The number of hydrazine groups is 1. The van der Waals surface area contributed by atoms with Crippen LogP contribution in [0, 0.1) is 0 Å². The van der Waals surface area contributed by atoms with Crippen molar-refractivity contribution in [1.29, 1.82) is 0 Å². The van der Waals surface area contributed by atoms with E-state index in [1.54, 1.807) is 21.6 Å². The van der Waals surface area contributed by atoms with Gasteiger partial charge in [-0.2, -0.15) is 0 Å². The average molecular weight is 208 g/mol. The van der Waals surface area contributed by atoms with Gasteiger partial charge in [-0.25, -0.2) is 5.84 Å². The molecule has 0 rings (SSSR count). The maximum Gasteiger partial charge on any atom is 0.310 e. The summed E-state index contributed by atoms with van der Waals surface area (Å²) in [6.45, 7) is 1.77. The van der Waals surface area contributed by atoms with E-state index in [0.717, 1.165) is 0 Å². The SMILES string of the molecule is CCCC(=O)O[C@@](O)(P)C(=O)NN. The van der Waals surface area contributed by atoms with Crippen molar-refractivity contribution in [2.24, 2.45) is 5.84 Å². The van der Waals surface area contributed by atoms with Gasteiger partial charge in [0.2, 0.25) is 0 Å². The fourth-order valence-electron chi connectivity index (χ4n) is 0.578. The van der Waals surface area contributed by atoms with E-state index in [1.807, 2.05) is 0 Å². The second kappa shape index (κ2) is 5.11. The molecular formula is C6H13N2O4P. The summed E-state index contributed by atoms with van der Waals surface area (Å²) >= 11 is 0. The van der Waals surface area contributed by atoms with Crippen molar-refractivity contribution < 1.29 is 19.4 Å². The second-order valence-corrected chi connectivity index (χ2v) is 3.18. The molecule has 0 saturated carbocycles. The summed E-state index contributed by atoms with van der Waals surface area (Å²) < 4.78 is 4.42. The molecule has 4 N–H and O–H groups in total. The zero-order chi connectivity index (χ0) is 10.5. The molecule has 0 aromatic rings. The molecular weight excluding hydrogens is 195 g/mol. The minimum absolute atomic E-state index is 0.133.